The van der Waals surface area contributed by atoms with E-state index < -0.39 is 20.7 Å². The van der Waals surface area contributed by atoms with Crippen LogP contribution in [0.15, 0.2) is 36.4 Å². The monoisotopic (exact) mass is 440 g/mol. The van der Waals surface area contributed by atoms with Crippen LogP contribution in [0.4, 0.5) is 11.5 Å². The summed E-state index contributed by atoms with van der Waals surface area (Å²) in [6.07, 6.45) is 0. The zero-order valence-corrected chi connectivity index (χ0v) is 18.0. The fourth-order valence-electron chi connectivity index (χ4n) is 3.83. The minimum atomic E-state index is -3.34. The van der Waals surface area contributed by atoms with Crippen molar-refractivity contribution in [3.8, 4) is 5.69 Å². The highest BCUT2D eigenvalue weighted by molar-refractivity contribution is 7.90. The number of aromatic nitrogens is 2. The van der Waals surface area contributed by atoms with Crippen molar-refractivity contribution in [1.29, 1.82) is 0 Å². The van der Waals surface area contributed by atoms with Crippen molar-refractivity contribution in [2.24, 2.45) is 0 Å². The average molecular weight is 440 g/mol. The number of carbonyl (C=O) groups excluding carboxylic acids is 1. The highest BCUT2D eigenvalue weighted by atomic mass is 32.2. The van der Waals surface area contributed by atoms with Crippen LogP contribution in [-0.4, -0.2) is 29.0 Å². The number of nitro groups is 1. The molecule has 0 fully saturated rings. The Morgan fingerprint density at radius 1 is 1.16 bits per heavy atom. The molecule has 31 heavy (non-hydrogen) atoms. The molecule has 0 bridgehead atoms. The van der Waals surface area contributed by atoms with Crippen LogP contribution < -0.4 is 5.32 Å². The summed E-state index contributed by atoms with van der Waals surface area (Å²) in [5.74, 6) is -0.728. The summed E-state index contributed by atoms with van der Waals surface area (Å²) in [5, 5.41) is 18.5. The second kappa shape index (κ2) is 7.31. The van der Waals surface area contributed by atoms with Gasteiger partial charge >= 0.3 is 0 Å². The van der Waals surface area contributed by atoms with Crippen molar-refractivity contribution in [3.05, 3.63) is 80.0 Å². The zero-order valence-electron chi connectivity index (χ0n) is 17.2. The molecule has 1 aliphatic rings. The van der Waals surface area contributed by atoms with Crippen molar-refractivity contribution in [1.82, 2.24) is 9.78 Å². The van der Waals surface area contributed by atoms with Crippen LogP contribution >= 0.6 is 0 Å². The lowest BCUT2D eigenvalue weighted by molar-refractivity contribution is -0.385. The van der Waals surface area contributed by atoms with Gasteiger partial charge in [0.1, 0.15) is 5.82 Å². The Kier molecular flexibility index (Phi) is 4.89. The number of carbonyl (C=O) groups is 1. The van der Waals surface area contributed by atoms with E-state index in [1.807, 2.05) is 32.0 Å². The van der Waals surface area contributed by atoms with Crippen LogP contribution in [-0.2, 0) is 21.3 Å². The molecule has 0 spiro atoms. The lowest BCUT2D eigenvalue weighted by atomic mass is 10.1. The molecule has 0 radical (unpaired) electrons. The van der Waals surface area contributed by atoms with Crippen LogP contribution in [0.5, 0.6) is 0 Å². The van der Waals surface area contributed by atoms with Gasteiger partial charge in [-0.25, -0.2) is 13.1 Å². The summed E-state index contributed by atoms with van der Waals surface area (Å²) < 4.78 is 25.8. The van der Waals surface area contributed by atoms with E-state index in [2.05, 4.69) is 10.4 Å². The van der Waals surface area contributed by atoms with E-state index in [-0.39, 0.29) is 34.1 Å². The molecular formula is C21H20N4O5S. The van der Waals surface area contributed by atoms with Crippen molar-refractivity contribution in [2.45, 2.75) is 32.3 Å². The number of benzene rings is 2. The fraction of sp³-hybridized carbons (Fsp3) is 0.238. The summed E-state index contributed by atoms with van der Waals surface area (Å²) in [6, 6.07) is 9.99. The molecule has 10 heteroatoms. The predicted molar refractivity (Wildman–Crippen MR) is 115 cm³/mol. The van der Waals surface area contributed by atoms with Gasteiger partial charge in [0, 0.05) is 22.8 Å². The first-order valence-corrected chi connectivity index (χ1v) is 11.3. The van der Waals surface area contributed by atoms with Crippen LogP contribution in [0, 0.1) is 30.9 Å². The molecule has 0 aliphatic carbocycles. The minimum absolute atomic E-state index is 0.136. The maximum absolute atomic E-state index is 13.1. The summed E-state index contributed by atoms with van der Waals surface area (Å²) >= 11 is 0. The van der Waals surface area contributed by atoms with Gasteiger partial charge in [0.05, 0.1) is 27.8 Å². The molecule has 0 saturated heterocycles. The van der Waals surface area contributed by atoms with Gasteiger partial charge in [0.25, 0.3) is 11.6 Å². The van der Waals surface area contributed by atoms with Crippen molar-refractivity contribution in [3.63, 3.8) is 0 Å². The number of fused-ring (bicyclic) bond motifs is 1. The number of nitrogens with one attached hydrogen (secondary N) is 1. The van der Waals surface area contributed by atoms with Gasteiger partial charge in [-0.05, 0) is 38.5 Å². The number of sulfone groups is 1. The molecule has 3 aromatic rings. The fourth-order valence-corrected chi connectivity index (χ4v) is 5.32. The minimum Gasteiger partial charge on any atom is -0.306 e. The van der Waals surface area contributed by atoms with Gasteiger partial charge in [0.15, 0.2) is 9.84 Å². The quantitative estimate of drug-likeness (QED) is 0.490. The Hall–Kier alpha value is -3.53. The molecule has 0 atom stereocenters. The lowest BCUT2D eigenvalue weighted by Gasteiger charge is -2.14. The third-order valence-electron chi connectivity index (χ3n) is 5.35. The lowest BCUT2D eigenvalue weighted by Crippen LogP contribution is -2.18. The van der Waals surface area contributed by atoms with E-state index in [9.17, 15) is 23.3 Å². The van der Waals surface area contributed by atoms with Crippen molar-refractivity contribution >= 4 is 27.2 Å². The molecule has 1 amide bonds. The van der Waals surface area contributed by atoms with Gasteiger partial charge in [-0.15, -0.1) is 0 Å². The predicted octanol–water partition coefficient (Wildman–Crippen LogP) is 3.39. The number of anilines is 1. The molecule has 9 nitrogen and oxygen atoms in total. The second-order valence-corrected chi connectivity index (χ2v) is 9.73. The molecule has 4 rings (SSSR count). The topological polar surface area (TPSA) is 124 Å². The summed E-state index contributed by atoms with van der Waals surface area (Å²) in [6.45, 7) is 5.37. The highest BCUT2D eigenvalue weighted by Crippen LogP contribution is 2.34. The van der Waals surface area contributed by atoms with Gasteiger partial charge < -0.3 is 5.32 Å². The Bertz CT molecular complexity index is 1360. The normalized spacial score (nSPS) is 14.3. The second-order valence-electron chi connectivity index (χ2n) is 7.67. The first-order valence-electron chi connectivity index (χ1n) is 9.51. The molecule has 2 aromatic carbocycles. The Morgan fingerprint density at radius 3 is 2.58 bits per heavy atom. The van der Waals surface area contributed by atoms with E-state index in [1.54, 1.807) is 4.68 Å². The highest BCUT2D eigenvalue weighted by Gasteiger charge is 2.34. The summed E-state index contributed by atoms with van der Waals surface area (Å²) in [5.41, 5.74) is 3.71. The number of hydrogen-bond donors (Lipinski definition) is 1. The molecule has 0 unspecified atom stereocenters. The van der Waals surface area contributed by atoms with E-state index in [4.69, 9.17) is 0 Å². The van der Waals surface area contributed by atoms with Gasteiger partial charge in [0.2, 0.25) is 0 Å². The first kappa shape index (κ1) is 20.7. The Balaban J connectivity index is 1.82. The maximum atomic E-state index is 13.1. The van der Waals surface area contributed by atoms with Crippen LogP contribution in [0.3, 0.4) is 0 Å². The molecule has 1 aromatic heterocycles. The van der Waals surface area contributed by atoms with Crippen molar-refractivity contribution in [2.75, 3.05) is 5.32 Å². The van der Waals surface area contributed by atoms with Crippen LogP contribution in [0.1, 0.15) is 38.3 Å². The third-order valence-corrected chi connectivity index (χ3v) is 6.79. The van der Waals surface area contributed by atoms with Crippen LogP contribution in [0.25, 0.3) is 5.69 Å². The Labute approximate surface area is 178 Å². The number of hydrogen-bond acceptors (Lipinski definition) is 6. The smallest absolute Gasteiger partial charge is 0.273 e. The molecule has 1 N–H and O–H groups in total. The number of nitro benzene ring substituents is 1. The van der Waals surface area contributed by atoms with Gasteiger partial charge in [-0.2, -0.15) is 5.10 Å². The zero-order chi connectivity index (χ0) is 22.5. The Morgan fingerprint density at radius 2 is 1.90 bits per heavy atom. The molecule has 0 saturated carbocycles. The van der Waals surface area contributed by atoms with Gasteiger partial charge in [-0.3, -0.25) is 14.9 Å². The van der Waals surface area contributed by atoms with Crippen molar-refractivity contribution < 1.29 is 18.1 Å². The summed E-state index contributed by atoms with van der Waals surface area (Å²) in [7, 11) is -3.34. The van der Waals surface area contributed by atoms with E-state index in [1.165, 1.54) is 25.1 Å². The number of nitrogens with zero attached hydrogens (tertiary/aromatic N) is 3. The van der Waals surface area contributed by atoms with E-state index >= 15 is 0 Å². The molecule has 160 valence electrons. The SMILES string of the molecule is Cc1ccc(-n2nc3c(c2NC(=O)c2cccc([N+](=O)[O-])c2C)CS(=O)(=O)C3)c(C)c1. The number of rotatable bonds is 4. The largest absolute Gasteiger partial charge is 0.306 e. The number of amides is 1. The first-order chi connectivity index (χ1) is 14.6. The third kappa shape index (κ3) is 3.70. The van der Waals surface area contributed by atoms with E-state index in [0.29, 0.717) is 16.9 Å². The molecule has 2 heterocycles. The molecular weight excluding hydrogens is 420 g/mol. The number of aryl methyl sites for hydroxylation is 2. The van der Waals surface area contributed by atoms with Crippen LogP contribution in [0.2, 0.25) is 0 Å². The molecule has 1 aliphatic heterocycles. The standard InChI is InChI=1S/C21H20N4O5S/c1-12-7-8-18(13(2)9-12)24-20(16-10-31(29,30)11-17(16)23-24)22-21(26)15-5-4-6-19(14(15)3)25(27)28/h4-9H,10-11H2,1-3H3,(H,22,26). The maximum Gasteiger partial charge on any atom is 0.273 e. The summed E-state index contributed by atoms with van der Waals surface area (Å²) in [4.78, 5) is 23.8. The van der Waals surface area contributed by atoms with Gasteiger partial charge in [-0.1, -0.05) is 23.8 Å². The average Bonchev–Trinajstić information content (AvgIpc) is 3.14. The van der Waals surface area contributed by atoms with E-state index in [0.717, 1.165) is 11.1 Å².